The summed E-state index contributed by atoms with van der Waals surface area (Å²) < 4.78 is 4.89. The first kappa shape index (κ1) is 16.7. The number of rotatable bonds is 6. The average molecular weight is 337 g/mol. The number of hydrogen-bond acceptors (Lipinski definition) is 5. The minimum Gasteiger partial charge on any atom is -0.454 e. The third-order valence-corrected chi connectivity index (χ3v) is 5.07. The molecule has 0 bridgehead atoms. The third-order valence-electron chi connectivity index (χ3n) is 5.07. The normalized spacial score (nSPS) is 23.3. The second-order valence-electron chi connectivity index (χ2n) is 6.96. The van der Waals surface area contributed by atoms with E-state index in [1.165, 1.54) is 0 Å². The number of urea groups is 1. The molecule has 3 aliphatic rings. The van der Waals surface area contributed by atoms with Crippen molar-refractivity contribution in [1.29, 1.82) is 0 Å². The Morgan fingerprint density at radius 1 is 1.33 bits per heavy atom. The van der Waals surface area contributed by atoms with Gasteiger partial charge in [0.15, 0.2) is 6.61 Å². The van der Waals surface area contributed by atoms with E-state index in [1.54, 1.807) is 0 Å². The van der Waals surface area contributed by atoms with E-state index in [9.17, 15) is 19.2 Å². The summed E-state index contributed by atoms with van der Waals surface area (Å²) in [6.07, 6.45) is 5.17. The Balaban J connectivity index is 1.45. The van der Waals surface area contributed by atoms with Gasteiger partial charge in [-0.15, -0.1) is 0 Å². The lowest BCUT2D eigenvalue weighted by Gasteiger charge is -2.19. The van der Waals surface area contributed by atoms with Crippen LogP contribution in [0.1, 0.15) is 45.4 Å². The van der Waals surface area contributed by atoms with E-state index in [1.807, 2.05) is 6.92 Å². The summed E-state index contributed by atoms with van der Waals surface area (Å²) in [7, 11) is 0. The maximum absolute atomic E-state index is 12.4. The molecule has 3 rings (SSSR count). The maximum atomic E-state index is 12.4. The van der Waals surface area contributed by atoms with Crippen LogP contribution in [0.5, 0.6) is 0 Å². The monoisotopic (exact) mass is 337 g/mol. The molecule has 24 heavy (non-hydrogen) atoms. The van der Waals surface area contributed by atoms with Crippen LogP contribution in [0.2, 0.25) is 0 Å². The van der Waals surface area contributed by atoms with Crippen LogP contribution in [0.25, 0.3) is 0 Å². The average Bonchev–Trinajstić information content (AvgIpc) is 3.25. The van der Waals surface area contributed by atoms with Gasteiger partial charge in [0, 0.05) is 6.04 Å². The van der Waals surface area contributed by atoms with Gasteiger partial charge in [0.1, 0.15) is 12.1 Å². The molecule has 8 nitrogen and oxygen atoms in total. The number of amides is 4. The van der Waals surface area contributed by atoms with E-state index in [4.69, 9.17) is 4.74 Å². The van der Waals surface area contributed by atoms with Crippen LogP contribution in [0.4, 0.5) is 4.79 Å². The Hall–Kier alpha value is -2.12. The molecular weight excluding hydrogens is 314 g/mol. The lowest BCUT2D eigenvalue weighted by molar-refractivity contribution is -0.151. The van der Waals surface area contributed by atoms with Crippen molar-refractivity contribution in [1.82, 2.24) is 15.5 Å². The third kappa shape index (κ3) is 3.37. The van der Waals surface area contributed by atoms with Crippen molar-refractivity contribution in [3.63, 3.8) is 0 Å². The molecule has 2 aliphatic carbocycles. The summed E-state index contributed by atoms with van der Waals surface area (Å²) in [4.78, 5) is 48.8. The highest BCUT2D eigenvalue weighted by Gasteiger charge is 2.52. The number of hydrogen-bond donors (Lipinski definition) is 2. The zero-order valence-corrected chi connectivity index (χ0v) is 13.8. The fraction of sp³-hybridized carbons (Fsp3) is 0.750. The first-order valence-electron chi connectivity index (χ1n) is 8.50. The molecule has 4 amide bonds. The van der Waals surface area contributed by atoms with Crippen LogP contribution >= 0.6 is 0 Å². The van der Waals surface area contributed by atoms with Crippen molar-refractivity contribution in [3.8, 4) is 0 Å². The number of carbonyl (C=O) groups excluding carboxylic acids is 4. The van der Waals surface area contributed by atoms with Gasteiger partial charge in [0.2, 0.25) is 0 Å². The Morgan fingerprint density at radius 2 is 2.00 bits per heavy atom. The fourth-order valence-electron chi connectivity index (χ4n) is 3.47. The second kappa shape index (κ2) is 6.41. The Kier molecular flexibility index (Phi) is 4.47. The molecule has 0 unspecified atom stereocenters. The quantitative estimate of drug-likeness (QED) is 0.536. The Morgan fingerprint density at radius 3 is 2.62 bits per heavy atom. The number of ether oxygens (including phenoxy) is 1. The van der Waals surface area contributed by atoms with Crippen LogP contribution in [0.15, 0.2) is 0 Å². The molecule has 0 aromatic rings. The van der Waals surface area contributed by atoms with E-state index in [2.05, 4.69) is 10.6 Å². The molecule has 3 fully saturated rings. The Labute approximate surface area is 140 Å². The SMILES string of the molecule is C[C@@H](NC(=O)COC(=O)CN1C(=O)NC2(CCCC2)C1=O)C1CC1. The summed E-state index contributed by atoms with van der Waals surface area (Å²) in [6, 6.07) is -0.491. The standard InChI is InChI=1S/C16H23N3O5/c1-10(11-4-5-11)17-12(20)9-24-13(21)8-19-14(22)16(18-15(19)23)6-2-3-7-16/h10-11H,2-9H2,1H3,(H,17,20)(H,18,23)/t10-/m1/s1. The zero-order valence-electron chi connectivity index (χ0n) is 13.8. The highest BCUT2D eigenvalue weighted by Crippen LogP contribution is 2.35. The van der Waals surface area contributed by atoms with E-state index in [0.29, 0.717) is 18.8 Å². The van der Waals surface area contributed by atoms with Gasteiger partial charge in [-0.3, -0.25) is 19.3 Å². The van der Waals surface area contributed by atoms with Crippen LogP contribution in [-0.4, -0.2) is 53.4 Å². The summed E-state index contributed by atoms with van der Waals surface area (Å²) >= 11 is 0. The molecule has 1 spiro atoms. The summed E-state index contributed by atoms with van der Waals surface area (Å²) in [6.45, 7) is 1.06. The van der Waals surface area contributed by atoms with E-state index >= 15 is 0 Å². The van der Waals surface area contributed by atoms with Crippen molar-refractivity contribution in [2.24, 2.45) is 5.92 Å². The lowest BCUT2D eigenvalue weighted by Crippen LogP contribution is -2.44. The zero-order chi connectivity index (χ0) is 17.3. The highest BCUT2D eigenvalue weighted by atomic mass is 16.5. The first-order valence-corrected chi connectivity index (χ1v) is 8.50. The number of esters is 1. The van der Waals surface area contributed by atoms with E-state index in [-0.39, 0.29) is 17.9 Å². The van der Waals surface area contributed by atoms with Crippen LogP contribution in [-0.2, 0) is 19.1 Å². The second-order valence-corrected chi connectivity index (χ2v) is 6.96. The number of carbonyl (C=O) groups is 4. The first-order chi connectivity index (χ1) is 11.4. The number of nitrogens with one attached hydrogen (secondary N) is 2. The summed E-state index contributed by atoms with van der Waals surface area (Å²) in [5.74, 6) is -0.984. The highest BCUT2D eigenvalue weighted by molar-refractivity contribution is 6.08. The van der Waals surface area contributed by atoms with Crippen LogP contribution in [0.3, 0.4) is 0 Å². The summed E-state index contributed by atoms with van der Waals surface area (Å²) in [5.41, 5.74) is -0.839. The Bertz CT molecular complexity index is 566. The van der Waals surface area contributed by atoms with Crippen molar-refractivity contribution < 1.29 is 23.9 Å². The molecule has 2 saturated carbocycles. The maximum Gasteiger partial charge on any atom is 0.326 e. The van der Waals surface area contributed by atoms with E-state index < -0.39 is 30.7 Å². The molecule has 0 aromatic carbocycles. The predicted molar refractivity (Wildman–Crippen MR) is 82.7 cm³/mol. The molecule has 1 heterocycles. The van der Waals surface area contributed by atoms with Crippen LogP contribution in [0, 0.1) is 5.92 Å². The van der Waals surface area contributed by atoms with Gasteiger partial charge in [-0.05, 0) is 38.5 Å². The largest absolute Gasteiger partial charge is 0.454 e. The van der Waals surface area contributed by atoms with Gasteiger partial charge < -0.3 is 15.4 Å². The molecule has 1 atom stereocenters. The molecule has 1 saturated heterocycles. The molecule has 0 radical (unpaired) electrons. The summed E-state index contributed by atoms with van der Waals surface area (Å²) in [5, 5.41) is 5.47. The van der Waals surface area contributed by atoms with Gasteiger partial charge in [-0.1, -0.05) is 12.8 Å². The van der Waals surface area contributed by atoms with Crippen molar-refractivity contribution in [2.75, 3.05) is 13.2 Å². The van der Waals surface area contributed by atoms with Gasteiger partial charge in [-0.25, -0.2) is 4.79 Å². The van der Waals surface area contributed by atoms with Gasteiger partial charge in [0.05, 0.1) is 0 Å². The molecule has 1 aliphatic heterocycles. The van der Waals surface area contributed by atoms with E-state index in [0.717, 1.165) is 30.6 Å². The topological polar surface area (TPSA) is 105 Å². The van der Waals surface area contributed by atoms with Crippen molar-refractivity contribution in [3.05, 3.63) is 0 Å². The lowest BCUT2D eigenvalue weighted by atomic mass is 9.98. The molecular formula is C16H23N3O5. The number of imide groups is 1. The smallest absolute Gasteiger partial charge is 0.326 e. The minimum absolute atomic E-state index is 0.0735. The van der Waals surface area contributed by atoms with Crippen molar-refractivity contribution in [2.45, 2.75) is 57.0 Å². The molecule has 0 aromatic heterocycles. The minimum atomic E-state index is -0.839. The van der Waals surface area contributed by atoms with Gasteiger partial charge >= 0.3 is 12.0 Å². The molecule has 8 heteroatoms. The fourth-order valence-corrected chi connectivity index (χ4v) is 3.47. The predicted octanol–water partition coefficient (Wildman–Crippen LogP) is 0.309. The van der Waals surface area contributed by atoms with Gasteiger partial charge in [0.25, 0.3) is 11.8 Å². The molecule has 2 N–H and O–H groups in total. The van der Waals surface area contributed by atoms with Crippen molar-refractivity contribution >= 4 is 23.8 Å². The molecule has 132 valence electrons. The van der Waals surface area contributed by atoms with Crippen LogP contribution < -0.4 is 10.6 Å². The number of nitrogens with zero attached hydrogens (tertiary/aromatic N) is 1. The van der Waals surface area contributed by atoms with Gasteiger partial charge in [-0.2, -0.15) is 0 Å².